The number of hydrogen-bond acceptors (Lipinski definition) is 1. The molecule has 0 heterocycles. The van der Waals surface area contributed by atoms with Crippen molar-refractivity contribution in [3.05, 3.63) is 12.7 Å². The molecule has 0 bridgehead atoms. The summed E-state index contributed by atoms with van der Waals surface area (Å²) in [4.78, 5) is 1.86. The van der Waals surface area contributed by atoms with Crippen LogP contribution in [0.4, 0.5) is 0 Å². The van der Waals surface area contributed by atoms with Gasteiger partial charge in [0, 0.05) is 0 Å². The monoisotopic (exact) mass is 173 g/mol. The van der Waals surface area contributed by atoms with Crippen molar-refractivity contribution in [1.29, 1.82) is 0 Å². The van der Waals surface area contributed by atoms with Crippen LogP contribution in [0.15, 0.2) is 16.6 Å². The molecule has 0 unspecified atom stereocenters. The van der Waals surface area contributed by atoms with E-state index in [1.54, 1.807) is 6.08 Å². The van der Waals surface area contributed by atoms with Gasteiger partial charge in [-0.2, -0.15) is 0 Å². The minimum atomic E-state index is -0.196. The minimum absolute atomic E-state index is 0.156. The van der Waals surface area contributed by atoms with Crippen LogP contribution >= 0.6 is 0 Å². The van der Waals surface area contributed by atoms with Gasteiger partial charge in [0.25, 0.3) is 0 Å². The molecule has 0 atom stereocenters. The Labute approximate surface area is 54.9 Å². The molecule has 8 heavy (non-hydrogen) atoms. The molecule has 0 aromatic rings. The fourth-order valence-corrected chi connectivity index (χ4v) is 0.765. The maximum absolute atomic E-state index is 5.03. The Kier molecular flexibility index (Phi) is 4.27. The van der Waals surface area contributed by atoms with Crippen molar-refractivity contribution >= 4 is 26.3 Å². The molecule has 0 aromatic carbocycles. The van der Waals surface area contributed by atoms with Gasteiger partial charge >= 0.3 is 54.3 Å². The zero-order chi connectivity index (χ0) is 6.41. The van der Waals surface area contributed by atoms with E-state index < -0.39 is 0 Å². The molecule has 4 N–H and O–H groups in total. The van der Waals surface area contributed by atoms with E-state index >= 15 is 0 Å². The van der Waals surface area contributed by atoms with Gasteiger partial charge in [0.1, 0.15) is 0 Å². The molecule has 0 saturated heterocycles. The van der Waals surface area contributed by atoms with Crippen LogP contribution in [0.3, 0.4) is 0 Å². The van der Waals surface area contributed by atoms with Gasteiger partial charge in [-0.1, -0.05) is 0 Å². The van der Waals surface area contributed by atoms with Gasteiger partial charge in [-0.15, -0.1) is 0 Å². The summed E-state index contributed by atoms with van der Waals surface area (Å²) in [5, 5.41) is 0. The van der Waals surface area contributed by atoms with E-state index in [1.165, 1.54) is 0 Å². The maximum atomic E-state index is 5.03. The van der Waals surface area contributed by atoms with Crippen LogP contribution in [0.25, 0.3) is 0 Å². The number of guanidine groups is 1. The Balaban J connectivity index is 3.57. The molecule has 0 radical (unpaired) electrons. The molecule has 0 fully saturated rings. The van der Waals surface area contributed by atoms with E-state index in [4.69, 9.17) is 11.5 Å². The van der Waals surface area contributed by atoms with Gasteiger partial charge in [0.2, 0.25) is 0 Å². The third kappa shape index (κ3) is 5.44. The first-order chi connectivity index (χ1) is 3.77. The molecule has 4 heteroatoms. The molecule has 3 nitrogen and oxygen atoms in total. The molecular formula is C4H8AsN3. The van der Waals surface area contributed by atoms with Gasteiger partial charge in [-0.05, 0) is 0 Å². The van der Waals surface area contributed by atoms with Gasteiger partial charge in [-0.25, -0.2) is 0 Å². The second-order valence-corrected chi connectivity index (χ2v) is 2.55. The summed E-state index contributed by atoms with van der Waals surface area (Å²) in [6.07, 6.45) is 1.69. The predicted octanol–water partition coefficient (Wildman–Crippen LogP) is -1.13. The molecule has 44 valence electrons. The molecule has 0 amide bonds. The first-order valence-electron chi connectivity index (χ1n) is 2.00. The van der Waals surface area contributed by atoms with Crippen LogP contribution < -0.4 is 11.5 Å². The average molecular weight is 173 g/mol. The van der Waals surface area contributed by atoms with Crippen LogP contribution in [-0.2, 0) is 0 Å². The van der Waals surface area contributed by atoms with Gasteiger partial charge in [0.15, 0.2) is 0 Å². The summed E-state index contributed by atoms with van der Waals surface area (Å²) in [6.45, 7) is 3.47. The van der Waals surface area contributed by atoms with Crippen molar-refractivity contribution in [2.24, 2.45) is 15.4 Å². The second kappa shape index (κ2) is 4.59. The van der Waals surface area contributed by atoms with Crippen LogP contribution in [0, 0.1) is 0 Å². The van der Waals surface area contributed by atoms with Crippen molar-refractivity contribution in [2.45, 2.75) is 0 Å². The fraction of sp³-hybridized carbons (Fsp3) is 0. The van der Waals surface area contributed by atoms with Gasteiger partial charge < -0.3 is 0 Å². The SMILES string of the molecule is C=CC=[As]N=C(N)N. The van der Waals surface area contributed by atoms with Gasteiger partial charge in [0.05, 0.1) is 0 Å². The number of hydrogen-bond donors (Lipinski definition) is 2. The summed E-state index contributed by atoms with van der Waals surface area (Å²) in [6, 6.07) is 0. The quantitative estimate of drug-likeness (QED) is 0.315. The molecule has 0 rings (SSSR count). The summed E-state index contributed by atoms with van der Waals surface area (Å²) < 4.78 is 3.75. The topological polar surface area (TPSA) is 64.4 Å². The van der Waals surface area contributed by atoms with Crippen molar-refractivity contribution < 1.29 is 0 Å². The normalized spacial score (nSPS) is 9.00. The van der Waals surface area contributed by atoms with Crippen LogP contribution in [-0.4, -0.2) is 26.3 Å². The van der Waals surface area contributed by atoms with Crippen molar-refractivity contribution in [2.75, 3.05) is 0 Å². The number of allylic oxidation sites excluding steroid dienone is 1. The van der Waals surface area contributed by atoms with Crippen molar-refractivity contribution in [3.63, 3.8) is 0 Å². The van der Waals surface area contributed by atoms with E-state index in [1.807, 2.05) is 4.81 Å². The average Bonchev–Trinajstić information content (AvgIpc) is 1.66. The Morgan fingerprint density at radius 1 is 1.62 bits per heavy atom. The zero-order valence-corrected chi connectivity index (χ0v) is 6.29. The van der Waals surface area contributed by atoms with E-state index in [0.717, 1.165) is 0 Å². The van der Waals surface area contributed by atoms with Crippen LogP contribution in [0.1, 0.15) is 0 Å². The molecule has 0 aliphatic heterocycles. The second-order valence-electron chi connectivity index (χ2n) is 1.03. The summed E-state index contributed by atoms with van der Waals surface area (Å²) in [5.74, 6) is 0.156. The Bertz CT molecular complexity index is 123. The van der Waals surface area contributed by atoms with Crippen LogP contribution in [0.2, 0.25) is 0 Å². The van der Waals surface area contributed by atoms with Crippen molar-refractivity contribution in [1.82, 2.24) is 0 Å². The molecular weight excluding hydrogens is 165 g/mol. The molecule has 0 spiro atoms. The Morgan fingerprint density at radius 3 is 2.62 bits per heavy atom. The summed E-state index contributed by atoms with van der Waals surface area (Å²) in [7, 11) is 0. The third-order valence-electron chi connectivity index (χ3n) is 0.345. The van der Waals surface area contributed by atoms with Gasteiger partial charge in [-0.3, -0.25) is 0 Å². The number of nitrogens with two attached hydrogens (primary N) is 2. The third-order valence-corrected chi connectivity index (χ3v) is 1.79. The number of nitrogens with zero attached hydrogens (tertiary/aromatic N) is 1. The number of rotatable bonds is 2. The van der Waals surface area contributed by atoms with Crippen molar-refractivity contribution in [3.8, 4) is 0 Å². The summed E-state index contributed by atoms with van der Waals surface area (Å²) in [5.41, 5.74) is 10.1. The standard InChI is InChI=1S/C4H8AsN3/c1-2-3-5-8-4(6)7/h2-3H,1H2,(H4,6,7,8). The molecule has 0 aromatic heterocycles. The van der Waals surface area contributed by atoms with E-state index in [0.29, 0.717) is 0 Å². The van der Waals surface area contributed by atoms with E-state index in [2.05, 4.69) is 10.5 Å². The molecule has 0 saturated carbocycles. The van der Waals surface area contributed by atoms with Crippen LogP contribution in [0.5, 0.6) is 0 Å². The van der Waals surface area contributed by atoms with E-state index in [-0.39, 0.29) is 21.5 Å². The molecule has 0 aliphatic carbocycles. The zero-order valence-electron chi connectivity index (χ0n) is 4.41. The fourth-order valence-electron chi connectivity index (χ4n) is 0.147. The first kappa shape index (κ1) is 7.44. The van der Waals surface area contributed by atoms with E-state index in [9.17, 15) is 0 Å². The molecule has 0 aliphatic rings. The predicted molar refractivity (Wildman–Crippen MR) is 37.8 cm³/mol. The Hall–Kier alpha value is -0.562. The first-order valence-corrected chi connectivity index (χ1v) is 3.92. The summed E-state index contributed by atoms with van der Waals surface area (Å²) >= 11 is -0.196. The Morgan fingerprint density at radius 2 is 2.25 bits per heavy atom.